The number of piperidine rings is 1. The zero-order valence-electron chi connectivity index (χ0n) is 11.6. The number of fused-ring (bicyclic) bond motifs is 3. The van der Waals surface area contributed by atoms with Gasteiger partial charge in [-0.05, 0) is 56.5 Å². The van der Waals surface area contributed by atoms with E-state index in [0.29, 0.717) is 12.0 Å². The lowest BCUT2D eigenvalue weighted by Gasteiger charge is -2.34. The largest absolute Gasteiger partial charge is 0.399 e. The molecule has 106 valence electrons. The third-order valence-electron chi connectivity index (χ3n) is 4.65. The number of hydrogen-bond donors (Lipinski definition) is 3. The zero-order valence-corrected chi connectivity index (χ0v) is 11.6. The average molecular weight is 271 g/mol. The van der Waals surface area contributed by atoms with Crippen molar-refractivity contribution in [2.45, 2.75) is 25.3 Å². The molecule has 1 fully saturated rings. The van der Waals surface area contributed by atoms with Crippen LogP contribution in [0.5, 0.6) is 0 Å². The first-order chi connectivity index (χ1) is 9.83. The summed E-state index contributed by atoms with van der Waals surface area (Å²) in [6.45, 7) is 3.31. The van der Waals surface area contributed by atoms with Crippen molar-refractivity contribution in [3.8, 4) is 0 Å². The van der Waals surface area contributed by atoms with E-state index in [-0.39, 0.29) is 0 Å². The molecule has 3 heterocycles. The first-order valence-corrected chi connectivity index (χ1v) is 7.55. The van der Waals surface area contributed by atoms with Crippen molar-refractivity contribution in [3.63, 3.8) is 0 Å². The lowest BCUT2D eigenvalue weighted by molar-refractivity contribution is 0.237. The van der Waals surface area contributed by atoms with E-state index >= 15 is 0 Å². The van der Waals surface area contributed by atoms with Crippen molar-refractivity contribution in [2.75, 3.05) is 30.7 Å². The summed E-state index contributed by atoms with van der Waals surface area (Å²) in [5.41, 5.74) is 7.66. The molecule has 2 aliphatic rings. The van der Waals surface area contributed by atoms with Gasteiger partial charge in [0.1, 0.15) is 5.82 Å². The minimum atomic E-state index is 0.507. The monoisotopic (exact) mass is 271 g/mol. The number of nitrogens with zero attached hydrogens (tertiary/aromatic N) is 2. The maximum Gasteiger partial charge on any atom is 0.132 e. The van der Waals surface area contributed by atoms with Crippen molar-refractivity contribution in [1.29, 1.82) is 0 Å². The van der Waals surface area contributed by atoms with Gasteiger partial charge in [-0.3, -0.25) is 0 Å². The first-order valence-electron chi connectivity index (χ1n) is 7.55. The molecule has 5 nitrogen and oxygen atoms in total. The summed E-state index contributed by atoms with van der Waals surface area (Å²) in [4.78, 5) is 0. The third-order valence-corrected chi connectivity index (χ3v) is 4.65. The summed E-state index contributed by atoms with van der Waals surface area (Å²) in [7, 11) is 0. The number of aromatic nitrogens is 2. The Labute approximate surface area is 118 Å². The van der Waals surface area contributed by atoms with Crippen LogP contribution in [-0.4, -0.2) is 29.4 Å². The highest BCUT2D eigenvalue weighted by Gasteiger charge is 2.30. The first kappa shape index (κ1) is 12.0. The van der Waals surface area contributed by atoms with E-state index < -0.39 is 0 Å². The number of nitrogens with one attached hydrogen (secondary N) is 2. The highest BCUT2D eigenvalue weighted by atomic mass is 15.4. The van der Waals surface area contributed by atoms with Gasteiger partial charge in [-0.2, -0.15) is 5.10 Å². The van der Waals surface area contributed by atoms with Crippen molar-refractivity contribution >= 4 is 22.4 Å². The average Bonchev–Trinajstić information content (AvgIpc) is 2.85. The minimum absolute atomic E-state index is 0.507. The molecule has 4 rings (SSSR count). The number of rotatable bonds is 1. The van der Waals surface area contributed by atoms with Crippen LogP contribution < -0.4 is 16.4 Å². The van der Waals surface area contributed by atoms with Gasteiger partial charge in [-0.1, -0.05) is 0 Å². The van der Waals surface area contributed by atoms with E-state index in [1.807, 2.05) is 12.1 Å². The Balaban J connectivity index is 1.78. The van der Waals surface area contributed by atoms with Crippen LogP contribution in [0, 0.1) is 5.92 Å². The fourth-order valence-corrected chi connectivity index (χ4v) is 3.64. The summed E-state index contributed by atoms with van der Waals surface area (Å²) >= 11 is 0. The van der Waals surface area contributed by atoms with Crippen LogP contribution in [0.2, 0.25) is 0 Å². The Hall–Kier alpha value is -1.75. The van der Waals surface area contributed by atoms with E-state index in [1.165, 1.54) is 24.0 Å². The van der Waals surface area contributed by atoms with Gasteiger partial charge in [0.25, 0.3) is 0 Å². The summed E-state index contributed by atoms with van der Waals surface area (Å²) in [6.07, 6.45) is 3.73. The molecule has 0 saturated carbocycles. The van der Waals surface area contributed by atoms with Crippen LogP contribution in [-0.2, 0) is 0 Å². The Bertz CT molecular complexity index is 626. The van der Waals surface area contributed by atoms with E-state index in [4.69, 9.17) is 10.8 Å². The molecule has 20 heavy (non-hydrogen) atoms. The van der Waals surface area contributed by atoms with Gasteiger partial charge < -0.3 is 16.4 Å². The van der Waals surface area contributed by atoms with Crippen molar-refractivity contribution in [1.82, 2.24) is 15.1 Å². The highest BCUT2D eigenvalue weighted by Crippen LogP contribution is 2.36. The van der Waals surface area contributed by atoms with Crippen LogP contribution in [0.3, 0.4) is 0 Å². The molecule has 5 heteroatoms. The molecule has 4 N–H and O–H groups in total. The van der Waals surface area contributed by atoms with Gasteiger partial charge >= 0.3 is 0 Å². The number of anilines is 2. The van der Waals surface area contributed by atoms with E-state index in [2.05, 4.69) is 21.4 Å². The molecule has 1 aromatic heterocycles. The molecule has 0 amide bonds. The molecule has 0 radical (unpaired) electrons. The van der Waals surface area contributed by atoms with Crippen LogP contribution in [0.1, 0.15) is 25.3 Å². The number of hydrogen-bond acceptors (Lipinski definition) is 4. The van der Waals surface area contributed by atoms with Gasteiger partial charge in [0.15, 0.2) is 0 Å². The maximum absolute atomic E-state index is 5.88. The minimum Gasteiger partial charge on any atom is -0.399 e. The SMILES string of the molecule is Nc1ccc2c3n(nc2c1)C(C1CCCNC1)CCN3. The predicted octanol–water partition coefficient (Wildman–Crippen LogP) is 1.97. The highest BCUT2D eigenvalue weighted by molar-refractivity contribution is 5.92. The van der Waals surface area contributed by atoms with E-state index in [0.717, 1.165) is 37.3 Å². The summed E-state index contributed by atoms with van der Waals surface area (Å²) in [5, 5.41) is 13.0. The molecular weight excluding hydrogens is 250 g/mol. The van der Waals surface area contributed by atoms with Gasteiger partial charge in [-0.15, -0.1) is 0 Å². The number of nitrogens with two attached hydrogens (primary N) is 1. The van der Waals surface area contributed by atoms with Gasteiger partial charge in [0.05, 0.1) is 11.6 Å². The predicted molar refractivity (Wildman–Crippen MR) is 81.9 cm³/mol. The van der Waals surface area contributed by atoms with Gasteiger partial charge in [0.2, 0.25) is 0 Å². The zero-order chi connectivity index (χ0) is 13.5. The summed E-state index contributed by atoms with van der Waals surface area (Å²) in [5.74, 6) is 1.86. The second kappa shape index (κ2) is 4.66. The van der Waals surface area contributed by atoms with Crippen molar-refractivity contribution < 1.29 is 0 Å². The molecule has 0 aliphatic carbocycles. The topological polar surface area (TPSA) is 67.9 Å². The van der Waals surface area contributed by atoms with Crippen LogP contribution in [0.15, 0.2) is 18.2 Å². The van der Waals surface area contributed by atoms with Gasteiger partial charge in [-0.25, -0.2) is 4.68 Å². The normalized spacial score (nSPS) is 26.2. The Morgan fingerprint density at radius 1 is 1.25 bits per heavy atom. The third kappa shape index (κ3) is 1.85. The fourth-order valence-electron chi connectivity index (χ4n) is 3.64. The summed E-state index contributed by atoms with van der Waals surface area (Å²) in [6, 6.07) is 6.52. The number of benzene rings is 1. The quantitative estimate of drug-likeness (QED) is 0.694. The van der Waals surface area contributed by atoms with Crippen molar-refractivity contribution in [3.05, 3.63) is 18.2 Å². The maximum atomic E-state index is 5.88. The van der Waals surface area contributed by atoms with E-state index in [1.54, 1.807) is 0 Å². The van der Waals surface area contributed by atoms with Crippen molar-refractivity contribution in [2.24, 2.45) is 5.92 Å². The lowest BCUT2D eigenvalue weighted by Crippen LogP contribution is -2.38. The van der Waals surface area contributed by atoms with Gasteiger partial charge in [0, 0.05) is 17.6 Å². The molecule has 2 aliphatic heterocycles. The Morgan fingerprint density at radius 3 is 3.05 bits per heavy atom. The van der Waals surface area contributed by atoms with Crippen LogP contribution >= 0.6 is 0 Å². The van der Waals surface area contributed by atoms with Crippen LogP contribution in [0.4, 0.5) is 11.5 Å². The smallest absolute Gasteiger partial charge is 0.132 e. The molecular formula is C15H21N5. The molecule has 0 spiro atoms. The molecule has 2 unspecified atom stereocenters. The second-order valence-corrected chi connectivity index (χ2v) is 5.96. The lowest BCUT2D eigenvalue weighted by atomic mass is 9.89. The second-order valence-electron chi connectivity index (χ2n) is 5.96. The van der Waals surface area contributed by atoms with Crippen LogP contribution in [0.25, 0.3) is 10.9 Å². The molecule has 2 atom stereocenters. The Kier molecular flexibility index (Phi) is 2.80. The molecule has 1 saturated heterocycles. The standard InChI is InChI=1S/C15H21N5/c16-11-3-4-12-13(8-11)19-20-14(5-7-18-15(12)20)10-2-1-6-17-9-10/h3-4,8,10,14,17-18H,1-2,5-7,9,16H2. The number of nitrogen functional groups attached to an aromatic ring is 1. The summed E-state index contributed by atoms with van der Waals surface area (Å²) < 4.78 is 2.21. The molecule has 2 aromatic rings. The Morgan fingerprint density at radius 2 is 2.20 bits per heavy atom. The molecule has 1 aromatic carbocycles. The molecule has 0 bridgehead atoms. The fraction of sp³-hybridized carbons (Fsp3) is 0.533. The van der Waals surface area contributed by atoms with E-state index in [9.17, 15) is 0 Å².